The lowest BCUT2D eigenvalue weighted by Gasteiger charge is -2.29. The molecule has 20 N–H and O–H groups in total. The van der Waals surface area contributed by atoms with Gasteiger partial charge in [-0.05, 0) is 275 Å². The summed E-state index contributed by atoms with van der Waals surface area (Å²) in [6.07, 6.45) is 22.3. The Kier molecular flexibility index (Phi) is 32.0. The van der Waals surface area contributed by atoms with E-state index < -0.39 is 0 Å². The minimum Gasteiger partial charge on any atom is -0.399 e. The number of piperidine rings is 1. The molecule has 20 rings (SSSR count). The molecule has 2 saturated carbocycles. The van der Waals surface area contributed by atoms with Crippen molar-refractivity contribution in [2.75, 3.05) is 103 Å². The largest absolute Gasteiger partial charge is 0.399 e. The van der Waals surface area contributed by atoms with Gasteiger partial charge in [0.1, 0.15) is 0 Å². The number of fused-ring (bicyclic) bond motifs is 5. The summed E-state index contributed by atoms with van der Waals surface area (Å²) < 4.78 is 10.3. The van der Waals surface area contributed by atoms with Gasteiger partial charge in [-0.15, -0.1) is 0 Å². The second kappa shape index (κ2) is 45.2. The lowest BCUT2D eigenvalue weighted by Crippen LogP contribution is -2.43. The summed E-state index contributed by atoms with van der Waals surface area (Å²) in [5, 5.41) is 47.4. The Morgan fingerprint density at radius 3 is 0.921 bits per heavy atom. The molecule has 5 aliphatic rings. The van der Waals surface area contributed by atoms with E-state index in [-0.39, 0.29) is 60.3 Å². The average molecular weight is 1900 g/mol. The fourth-order valence-electron chi connectivity index (χ4n) is 18.2. The van der Waals surface area contributed by atoms with Crippen molar-refractivity contribution in [1.82, 2.24) is 114 Å². The van der Waals surface area contributed by atoms with E-state index in [9.17, 15) is 4.79 Å². The van der Waals surface area contributed by atoms with Crippen LogP contribution in [0, 0.1) is 34.6 Å². The molecule has 738 valence electrons. The summed E-state index contributed by atoms with van der Waals surface area (Å²) in [7, 11) is 0. The van der Waals surface area contributed by atoms with Crippen LogP contribution in [0.5, 0.6) is 0 Å². The SMILES string of the molecule is CC(=O)Nc1cc(C)cc(Nc2nc(N[C@H]3CCCC[C@H]3N)nc3c2ncn3C(C)C)c1.Cc1cc(N)cc(Nc2nc(N[C@H]3CCCC[C@H]3N)nc3c2ncn3C(C)C)c1.Cc1cccc(Nc2nc(N[C@@H]3CCCNC3)nc3c2ncn3C(C)C)c1.Cc1cccc(Nc2nc(N[C@@H]3CCNC3)nc3c2ncn3C(C)C)c1.Cc1cccc(Nc2nc(N[C@H]3CCNC3)nc3c2ncn3C(C)C)c1. The van der Waals surface area contributed by atoms with E-state index in [1.165, 1.54) is 36.5 Å². The van der Waals surface area contributed by atoms with Crippen LogP contribution >= 0.6 is 0 Å². The van der Waals surface area contributed by atoms with Crippen molar-refractivity contribution in [3.63, 3.8) is 0 Å². The topological polar surface area (TPSA) is 482 Å². The number of nitrogens with two attached hydrogens (primary N) is 3. The van der Waals surface area contributed by atoms with Crippen molar-refractivity contribution in [3.05, 3.63) is 169 Å². The number of imidazole rings is 5. The van der Waals surface area contributed by atoms with Gasteiger partial charge in [0.15, 0.2) is 84.9 Å². The molecule has 3 aliphatic heterocycles. The number of nitrogens with zero attached hydrogens (tertiary/aromatic N) is 20. The summed E-state index contributed by atoms with van der Waals surface area (Å²) in [5.74, 6) is 6.40. The smallest absolute Gasteiger partial charge is 0.227 e. The highest BCUT2D eigenvalue weighted by Gasteiger charge is 2.30. The van der Waals surface area contributed by atoms with Gasteiger partial charge in [0.25, 0.3) is 0 Å². The van der Waals surface area contributed by atoms with E-state index >= 15 is 0 Å². The van der Waals surface area contributed by atoms with Crippen LogP contribution in [0.1, 0.15) is 211 Å². The van der Waals surface area contributed by atoms with E-state index in [0.29, 0.717) is 70.7 Å². The molecule has 15 aromatic rings. The molecule has 5 fully saturated rings. The molecule has 0 radical (unpaired) electrons. The molecule has 2 aliphatic carbocycles. The summed E-state index contributed by atoms with van der Waals surface area (Å²) in [5.41, 5.74) is 38.4. The second-order valence-electron chi connectivity index (χ2n) is 39.0. The predicted octanol–water partition coefficient (Wildman–Crippen LogP) is 17.9. The van der Waals surface area contributed by atoms with Gasteiger partial charge >= 0.3 is 0 Å². The van der Waals surface area contributed by atoms with Crippen LogP contribution in [-0.4, -0.2) is 185 Å². The molecule has 13 heterocycles. The number of aryl methyl sites for hydroxylation is 5. The third kappa shape index (κ3) is 25.1. The Morgan fingerprint density at radius 2 is 0.621 bits per heavy atom. The lowest BCUT2D eigenvalue weighted by atomic mass is 9.91. The minimum atomic E-state index is -0.114. The first-order chi connectivity index (χ1) is 67.5. The highest BCUT2D eigenvalue weighted by molar-refractivity contribution is 5.93. The first-order valence-corrected chi connectivity index (χ1v) is 49.5. The van der Waals surface area contributed by atoms with E-state index in [4.69, 9.17) is 67.0 Å². The zero-order valence-corrected chi connectivity index (χ0v) is 83.5. The number of aromatic nitrogens is 20. The Bertz CT molecular complexity index is 6560. The van der Waals surface area contributed by atoms with Crippen molar-refractivity contribution in [3.8, 4) is 0 Å². The van der Waals surface area contributed by atoms with E-state index in [0.717, 1.165) is 216 Å². The Labute approximate surface area is 818 Å². The monoisotopic (exact) mass is 1900 g/mol. The maximum absolute atomic E-state index is 11.5. The van der Waals surface area contributed by atoms with Gasteiger partial charge in [-0.2, -0.15) is 49.8 Å². The maximum Gasteiger partial charge on any atom is 0.227 e. The van der Waals surface area contributed by atoms with Gasteiger partial charge < -0.3 is 114 Å². The van der Waals surface area contributed by atoms with Crippen molar-refractivity contribution < 1.29 is 4.79 Å². The number of rotatable bonds is 26. The van der Waals surface area contributed by atoms with Gasteiger partial charge in [0, 0.05) is 139 Å². The van der Waals surface area contributed by atoms with Crippen LogP contribution < -0.4 is 91.6 Å². The summed E-state index contributed by atoms with van der Waals surface area (Å²) in [6.45, 7) is 38.9. The Morgan fingerprint density at radius 1 is 0.329 bits per heavy atom. The van der Waals surface area contributed by atoms with Crippen LogP contribution in [0.3, 0.4) is 0 Å². The lowest BCUT2D eigenvalue weighted by molar-refractivity contribution is -0.114. The van der Waals surface area contributed by atoms with E-state index in [1.807, 2.05) is 117 Å². The second-order valence-corrected chi connectivity index (χ2v) is 39.0. The number of amides is 1. The molecule has 1 amide bonds. The molecule has 5 aromatic carbocycles. The third-order valence-electron chi connectivity index (χ3n) is 25.4. The molecule has 3 saturated heterocycles. The molecular weight excluding hydrogens is 1760 g/mol. The highest BCUT2D eigenvalue weighted by atomic mass is 16.1. The number of carbonyl (C=O) groups is 1. The molecule has 38 heteroatoms. The fraction of sp³-hybridized carbons (Fsp3) is 0.451. The van der Waals surface area contributed by atoms with Gasteiger partial charge in [-0.1, -0.05) is 62.1 Å². The molecular formula is C102H139N37O. The average Bonchev–Trinajstić information content (AvgIpc) is 1.62. The van der Waals surface area contributed by atoms with E-state index in [2.05, 4.69) is 244 Å². The first kappa shape index (κ1) is 98.9. The quantitative estimate of drug-likeness (QED) is 0.0224. The summed E-state index contributed by atoms with van der Waals surface area (Å²) in [6, 6.07) is 39.3. The number of carbonyl (C=O) groups excluding carboxylic acids is 1. The number of anilines is 17. The minimum absolute atomic E-state index is 0.0893. The molecule has 38 nitrogen and oxygen atoms in total. The maximum atomic E-state index is 11.5. The van der Waals surface area contributed by atoms with Gasteiger partial charge in [-0.25, -0.2) is 24.9 Å². The predicted molar refractivity (Wildman–Crippen MR) is 567 cm³/mol. The molecule has 7 atom stereocenters. The van der Waals surface area contributed by atoms with Crippen molar-refractivity contribution >= 4 is 160 Å². The standard InChI is InChI=1S/C23H32N8O.C21H30N8.C20H27N7.2C19H25N7/c1-13(2)31-12-25-20-21(27-17-10-14(3)9-16(11-17)26-15(4)32)29-23(30-22(20)31)28-19-8-6-5-7-18(19)24;1-12(2)29-11-24-18-19(25-15-9-13(3)8-14(22)10-15)27-21(28-20(18)29)26-17-7-5-4-6-16(17)23;1-13(2)27-12-22-17-18(23-15-7-4-6-14(3)10-15)25-20(26-19(17)27)24-16-8-5-9-21-11-16;2*1-12(2)26-11-21-16-17(22-14-6-4-5-13(3)9-14)24-19(25-18(16)26)23-15-7-8-20-10-15/h9-13,18-19H,5-8,24H2,1-4H3,(H,26,32)(H2,27,28,29,30);8-12,16-17H,4-7,22-23H2,1-3H3,(H2,25,26,27,28);4,6-7,10,12-13,16,21H,5,8-9,11H2,1-3H3,(H2,23,24,25,26);2*4-6,9,11-12,15,20H,7-8,10H2,1-3H3,(H2,22,23,24,25)/t18-,19+;16-,17+;16-;2*15-/m11110/s1. The molecule has 140 heavy (non-hydrogen) atoms. The number of hydrogen-bond acceptors (Lipinski definition) is 32. The zero-order chi connectivity index (χ0) is 98.4. The van der Waals surface area contributed by atoms with E-state index in [1.54, 1.807) is 6.33 Å². The number of benzene rings is 5. The van der Waals surface area contributed by atoms with Crippen LogP contribution in [0.4, 0.5) is 98.6 Å². The summed E-state index contributed by atoms with van der Waals surface area (Å²) >= 11 is 0. The first-order valence-electron chi connectivity index (χ1n) is 49.5. The van der Waals surface area contributed by atoms with Crippen LogP contribution in [-0.2, 0) is 4.79 Å². The normalized spacial score (nSPS) is 18.1. The summed E-state index contributed by atoms with van der Waals surface area (Å²) in [4.78, 5) is 82.0. The van der Waals surface area contributed by atoms with Crippen molar-refractivity contribution in [2.24, 2.45) is 11.5 Å². The fourth-order valence-corrected chi connectivity index (χ4v) is 18.2. The highest BCUT2D eigenvalue weighted by Crippen LogP contribution is 2.36. The molecule has 0 spiro atoms. The Balaban J connectivity index is 0.000000126. The van der Waals surface area contributed by atoms with Gasteiger partial charge in [0.05, 0.1) is 31.6 Å². The van der Waals surface area contributed by atoms with Crippen LogP contribution in [0.25, 0.3) is 55.8 Å². The number of nitrogens with one attached hydrogen (secondary N) is 14. The Hall–Kier alpha value is -14.1. The van der Waals surface area contributed by atoms with Crippen molar-refractivity contribution in [1.29, 1.82) is 0 Å². The molecule has 0 bridgehead atoms. The van der Waals surface area contributed by atoms with Gasteiger partial charge in [-0.3, -0.25) is 4.79 Å². The third-order valence-corrected chi connectivity index (χ3v) is 25.4. The molecule has 0 unspecified atom stereocenters. The van der Waals surface area contributed by atoms with Gasteiger partial charge in [0.2, 0.25) is 35.6 Å². The van der Waals surface area contributed by atoms with Crippen molar-refractivity contribution in [2.45, 2.75) is 260 Å². The molecule has 10 aromatic heterocycles. The van der Waals surface area contributed by atoms with Crippen LogP contribution in [0.2, 0.25) is 0 Å². The zero-order valence-electron chi connectivity index (χ0n) is 83.5. The number of hydrogen-bond donors (Lipinski definition) is 17. The van der Waals surface area contributed by atoms with Crippen LogP contribution in [0.15, 0.2) is 141 Å². The number of nitrogen functional groups attached to an aromatic ring is 1.